The number of carbonyl (C=O) groups excluding carboxylic acids is 1. The summed E-state index contributed by atoms with van der Waals surface area (Å²) in [5, 5.41) is 54.2. The van der Waals surface area contributed by atoms with Gasteiger partial charge in [-0.15, -0.1) is 0 Å². The lowest BCUT2D eigenvalue weighted by atomic mass is 9.99. The summed E-state index contributed by atoms with van der Waals surface area (Å²) in [7, 11) is 0. The molecular weight excluding hydrogens is 743 g/mol. The number of unbranched alkanes of at least 4 members (excludes halogenated alkanes) is 33. The van der Waals surface area contributed by atoms with Crippen molar-refractivity contribution in [2.24, 2.45) is 0 Å². The van der Waals surface area contributed by atoms with Gasteiger partial charge >= 0.3 is 0 Å². The van der Waals surface area contributed by atoms with E-state index in [0.29, 0.717) is 6.42 Å². The highest BCUT2D eigenvalue weighted by Gasteiger charge is 2.44. The maximum atomic E-state index is 13.0. The third-order valence-electron chi connectivity index (χ3n) is 12.4. The van der Waals surface area contributed by atoms with Gasteiger partial charge in [0.1, 0.15) is 24.4 Å². The zero-order valence-corrected chi connectivity index (χ0v) is 38.5. The number of allylic oxidation sites excluding steroid dienone is 1. The van der Waals surface area contributed by atoms with Gasteiger partial charge in [-0.1, -0.05) is 231 Å². The molecule has 2 unspecified atom stereocenters. The molecule has 0 saturated carbocycles. The summed E-state index contributed by atoms with van der Waals surface area (Å²) < 4.78 is 11.2. The molecule has 1 aliphatic rings. The summed E-state index contributed by atoms with van der Waals surface area (Å²) in [6.45, 7) is 3.78. The van der Waals surface area contributed by atoms with E-state index in [1.807, 2.05) is 6.08 Å². The number of rotatable bonds is 43. The predicted octanol–water partition coefficient (Wildman–Crippen LogP) is 11.3. The van der Waals surface area contributed by atoms with Crippen molar-refractivity contribution in [1.82, 2.24) is 5.32 Å². The topological polar surface area (TPSA) is 149 Å². The predicted molar refractivity (Wildman–Crippen MR) is 244 cm³/mol. The number of aliphatic hydroxyl groups is 5. The number of carbonyl (C=O) groups is 1. The van der Waals surface area contributed by atoms with E-state index < -0.39 is 49.5 Å². The molecule has 9 nitrogen and oxygen atoms in total. The average molecular weight is 840 g/mol. The Bertz CT molecular complexity index is 935. The summed E-state index contributed by atoms with van der Waals surface area (Å²) >= 11 is 0. The number of nitrogens with one attached hydrogen (secondary N) is 1. The molecule has 1 amide bonds. The first-order chi connectivity index (χ1) is 28.8. The second-order valence-electron chi connectivity index (χ2n) is 18.0. The zero-order chi connectivity index (χ0) is 43.0. The molecule has 1 heterocycles. The largest absolute Gasteiger partial charge is 0.394 e. The van der Waals surface area contributed by atoms with Crippen molar-refractivity contribution in [1.29, 1.82) is 0 Å². The number of aliphatic hydroxyl groups excluding tert-OH is 5. The van der Waals surface area contributed by atoms with Crippen LogP contribution in [0.3, 0.4) is 0 Å². The molecule has 350 valence electrons. The van der Waals surface area contributed by atoms with E-state index in [1.54, 1.807) is 6.08 Å². The SMILES string of the molecule is CCCCCCCCCCC/C=C/[C@@H](O)[C@H](CO[C@@H]1O[C@H](CO)[C@H](O)C(O)C1O)NC(=O)CCCCCCCCCCCCCCCCCCCCCCCCCCC. The van der Waals surface area contributed by atoms with E-state index in [0.717, 1.165) is 38.5 Å². The van der Waals surface area contributed by atoms with Crippen molar-refractivity contribution in [3.8, 4) is 0 Å². The Kier molecular flexibility index (Phi) is 38.9. The molecule has 9 heteroatoms. The van der Waals surface area contributed by atoms with Gasteiger partial charge in [-0.05, 0) is 19.3 Å². The van der Waals surface area contributed by atoms with Crippen molar-refractivity contribution >= 4 is 5.91 Å². The molecule has 0 radical (unpaired) electrons. The Morgan fingerprint density at radius 2 is 0.932 bits per heavy atom. The first-order valence-corrected chi connectivity index (χ1v) is 25.4. The van der Waals surface area contributed by atoms with Crippen LogP contribution in [0, 0.1) is 0 Å². The summed E-state index contributed by atoms with van der Waals surface area (Å²) in [4.78, 5) is 13.0. The highest BCUT2D eigenvalue weighted by Crippen LogP contribution is 2.23. The van der Waals surface area contributed by atoms with Crippen LogP contribution in [-0.4, -0.2) is 87.5 Å². The Hall–Kier alpha value is -1.07. The standard InChI is InChI=1S/C50H97NO8/c1-3-5-7-9-11-13-15-16-17-18-19-20-21-22-23-24-25-26-27-28-30-32-34-36-38-40-46(54)51-43(42-58-50-49(57)48(56)47(55)45(41-52)59-50)44(53)39-37-35-33-31-29-14-12-10-8-6-4-2/h37,39,43-45,47-50,52-53,55-57H,3-36,38,40-42H2,1-2H3,(H,51,54)/b39-37+/t43-,44+,45+,47-,48?,49?,50+/m0/s1. The maximum absolute atomic E-state index is 13.0. The lowest BCUT2D eigenvalue weighted by Crippen LogP contribution is -2.60. The third kappa shape index (κ3) is 31.4. The van der Waals surface area contributed by atoms with Crippen LogP contribution in [0.4, 0.5) is 0 Å². The molecule has 0 bridgehead atoms. The van der Waals surface area contributed by atoms with Crippen LogP contribution >= 0.6 is 0 Å². The highest BCUT2D eigenvalue weighted by atomic mass is 16.7. The van der Waals surface area contributed by atoms with Crippen molar-refractivity contribution in [2.45, 2.75) is 288 Å². The van der Waals surface area contributed by atoms with E-state index in [9.17, 15) is 30.3 Å². The van der Waals surface area contributed by atoms with Gasteiger partial charge in [0.15, 0.2) is 6.29 Å². The van der Waals surface area contributed by atoms with Crippen LogP contribution < -0.4 is 5.32 Å². The quantitative estimate of drug-likeness (QED) is 0.0263. The highest BCUT2D eigenvalue weighted by molar-refractivity contribution is 5.76. The van der Waals surface area contributed by atoms with E-state index in [1.165, 1.54) is 186 Å². The molecule has 1 fully saturated rings. The molecule has 1 rings (SSSR count). The van der Waals surface area contributed by atoms with Crippen molar-refractivity contribution < 1.29 is 39.8 Å². The molecule has 1 saturated heterocycles. The van der Waals surface area contributed by atoms with Crippen LogP contribution in [0.1, 0.15) is 245 Å². The summed E-state index contributed by atoms with van der Waals surface area (Å²) in [5.41, 5.74) is 0. The van der Waals surface area contributed by atoms with Gasteiger partial charge in [0, 0.05) is 6.42 Å². The second kappa shape index (κ2) is 41.0. The summed E-state index contributed by atoms with van der Waals surface area (Å²) in [5.74, 6) is -0.173. The van der Waals surface area contributed by atoms with Crippen molar-refractivity contribution in [3.63, 3.8) is 0 Å². The van der Waals surface area contributed by atoms with Gasteiger partial charge in [-0.2, -0.15) is 0 Å². The minimum atomic E-state index is -1.56. The molecule has 7 atom stereocenters. The van der Waals surface area contributed by atoms with E-state index >= 15 is 0 Å². The Morgan fingerprint density at radius 1 is 0.559 bits per heavy atom. The van der Waals surface area contributed by atoms with Crippen molar-refractivity contribution in [3.05, 3.63) is 12.2 Å². The number of hydrogen-bond acceptors (Lipinski definition) is 8. The lowest BCUT2D eigenvalue weighted by molar-refractivity contribution is -0.302. The first kappa shape index (κ1) is 55.9. The fraction of sp³-hybridized carbons (Fsp3) is 0.940. The van der Waals surface area contributed by atoms with E-state index in [2.05, 4.69) is 19.2 Å². The fourth-order valence-corrected chi connectivity index (χ4v) is 8.28. The molecule has 0 aliphatic carbocycles. The van der Waals surface area contributed by atoms with E-state index in [4.69, 9.17) is 9.47 Å². The zero-order valence-electron chi connectivity index (χ0n) is 38.5. The maximum Gasteiger partial charge on any atom is 0.220 e. The van der Waals surface area contributed by atoms with Gasteiger partial charge in [-0.25, -0.2) is 0 Å². The molecular formula is C50H97NO8. The van der Waals surface area contributed by atoms with Crippen LogP contribution in [0.2, 0.25) is 0 Å². The van der Waals surface area contributed by atoms with Crippen LogP contribution in [0.15, 0.2) is 12.2 Å². The average Bonchev–Trinajstić information content (AvgIpc) is 3.23. The van der Waals surface area contributed by atoms with Gasteiger partial charge in [0.2, 0.25) is 5.91 Å². The van der Waals surface area contributed by atoms with Crippen LogP contribution in [0.5, 0.6) is 0 Å². The second-order valence-corrected chi connectivity index (χ2v) is 18.0. The van der Waals surface area contributed by atoms with E-state index in [-0.39, 0.29) is 12.5 Å². The molecule has 6 N–H and O–H groups in total. The van der Waals surface area contributed by atoms with Crippen LogP contribution in [-0.2, 0) is 14.3 Å². The Morgan fingerprint density at radius 3 is 1.32 bits per heavy atom. The van der Waals surface area contributed by atoms with Gasteiger partial charge in [-0.3, -0.25) is 4.79 Å². The Labute approximate surface area is 363 Å². The fourth-order valence-electron chi connectivity index (χ4n) is 8.28. The number of hydrogen-bond donors (Lipinski definition) is 6. The minimum Gasteiger partial charge on any atom is -0.394 e. The number of amides is 1. The normalized spacial score (nSPS) is 20.7. The lowest BCUT2D eigenvalue weighted by Gasteiger charge is -2.40. The minimum absolute atomic E-state index is 0.173. The monoisotopic (exact) mass is 840 g/mol. The van der Waals surface area contributed by atoms with Gasteiger partial charge in [0.25, 0.3) is 0 Å². The van der Waals surface area contributed by atoms with Gasteiger partial charge < -0.3 is 40.3 Å². The molecule has 0 aromatic heterocycles. The smallest absolute Gasteiger partial charge is 0.220 e. The molecule has 0 aromatic rings. The molecule has 0 spiro atoms. The first-order valence-electron chi connectivity index (χ1n) is 25.4. The number of ether oxygens (including phenoxy) is 2. The molecule has 0 aromatic carbocycles. The summed E-state index contributed by atoms with van der Waals surface area (Å²) in [6, 6.07) is -0.798. The molecule has 59 heavy (non-hydrogen) atoms. The Balaban J connectivity index is 2.19. The van der Waals surface area contributed by atoms with Crippen LogP contribution in [0.25, 0.3) is 0 Å². The van der Waals surface area contributed by atoms with Crippen molar-refractivity contribution in [2.75, 3.05) is 13.2 Å². The molecule has 1 aliphatic heterocycles. The summed E-state index contributed by atoms with van der Waals surface area (Å²) in [6.07, 6.45) is 41.3. The third-order valence-corrected chi connectivity index (χ3v) is 12.4. The van der Waals surface area contributed by atoms with Gasteiger partial charge in [0.05, 0.1) is 25.4 Å².